The van der Waals surface area contributed by atoms with E-state index in [-0.39, 0.29) is 5.41 Å². The number of hydrogen-bond donors (Lipinski definition) is 0. The van der Waals surface area contributed by atoms with Crippen molar-refractivity contribution in [1.82, 2.24) is 24.1 Å². The van der Waals surface area contributed by atoms with Crippen molar-refractivity contribution in [1.29, 1.82) is 0 Å². The third-order valence-corrected chi connectivity index (χ3v) is 11.2. The highest BCUT2D eigenvalue weighted by Gasteiger charge is 2.37. The maximum atomic E-state index is 5.38. The first-order chi connectivity index (χ1) is 26.1. The molecule has 3 aromatic heterocycles. The molecular formula is C48H33N5. The Bertz CT molecular complexity index is 3020. The zero-order valence-electron chi connectivity index (χ0n) is 29.3. The number of para-hydroxylation sites is 3. The molecule has 11 rings (SSSR count). The van der Waals surface area contributed by atoms with E-state index in [9.17, 15) is 0 Å². The van der Waals surface area contributed by atoms with Gasteiger partial charge in [-0.05, 0) is 57.6 Å². The Morgan fingerprint density at radius 1 is 0.396 bits per heavy atom. The molecule has 0 amide bonds. The minimum absolute atomic E-state index is 0.112. The molecule has 0 unspecified atom stereocenters. The maximum Gasteiger partial charge on any atom is 0.240 e. The largest absolute Gasteiger partial charge is 0.278 e. The number of rotatable bonds is 4. The van der Waals surface area contributed by atoms with Crippen LogP contribution in [0, 0.1) is 0 Å². The molecule has 0 N–H and O–H groups in total. The molecule has 10 aromatic rings. The van der Waals surface area contributed by atoms with E-state index in [4.69, 9.17) is 15.0 Å². The molecule has 0 aliphatic heterocycles. The number of nitrogens with zero attached hydrogens (tertiary/aromatic N) is 5. The summed E-state index contributed by atoms with van der Waals surface area (Å²) in [6, 6.07) is 58.1. The highest BCUT2D eigenvalue weighted by Crippen LogP contribution is 2.53. The molecule has 0 saturated heterocycles. The minimum atomic E-state index is -0.112. The van der Waals surface area contributed by atoms with Crippen molar-refractivity contribution in [2.45, 2.75) is 19.3 Å². The fraction of sp³-hybridized carbons (Fsp3) is 0.0625. The van der Waals surface area contributed by atoms with Crippen molar-refractivity contribution in [3.63, 3.8) is 0 Å². The van der Waals surface area contributed by atoms with Gasteiger partial charge in [-0.1, -0.05) is 153 Å². The van der Waals surface area contributed by atoms with Gasteiger partial charge in [0, 0.05) is 32.5 Å². The Labute approximate surface area is 306 Å². The number of aromatic nitrogens is 5. The van der Waals surface area contributed by atoms with Crippen LogP contribution in [0.1, 0.15) is 25.0 Å². The SMILES string of the molecule is CC1(C)c2ccccc2-c2c1ccc1c2c2ccccc2n1-c1nc(-c2ccc(-c3ccccc3)cc2)nc(-n2c3ccccc3c3ccccc32)n1. The monoisotopic (exact) mass is 679 g/mol. The van der Waals surface area contributed by atoms with Gasteiger partial charge >= 0.3 is 0 Å². The van der Waals surface area contributed by atoms with Gasteiger partial charge in [-0.2, -0.15) is 15.0 Å². The van der Waals surface area contributed by atoms with Crippen molar-refractivity contribution in [3.05, 3.63) is 175 Å². The van der Waals surface area contributed by atoms with Crippen LogP contribution >= 0.6 is 0 Å². The van der Waals surface area contributed by atoms with Crippen LogP contribution in [0.2, 0.25) is 0 Å². The summed E-state index contributed by atoms with van der Waals surface area (Å²) in [5, 5.41) is 4.73. The molecule has 0 spiro atoms. The first-order valence-electron chi connectivity index (χ1n) is 18.1. The lowest BCUT2D eigenvalue weighted by atomic mass is 9.82. The Kier molecular flexibility index (Phi) is 6.23. The zero-order valence-corrected chi connectivity index (χ0v) is 29.3. The summed E-state index contributed by atoms with van der Waals surface area (Å²) >= 11 is 0. The van der Waals surface area contributed by atoms with Crippen molar-refractivity contribution >= 4 is 43.6 Å². The lowest BCUT2D eigenvalue weighted by Gasteiger charge is -2.21. The summed E-state index contributed by atoms with van der Waals surface area (Å²) in [6.07, 6.45) is 0. The van der Waals surface area contributed by atoms with Gasteiger partial charge in [-0.3, -0.25) is 9.13 Å². The second-order valence-electron chi connectivity index (χ2n) is 14.5. The van der Waals surface area contributed by atoms with Gasteiger partial charge in [0.05, 0.1) is 22.1 Å². The van der Waals surface area contributed by atoms with E-state index < -0.39 is 0 Å². The van der Waals surface area contributed by atoms with Crippen LogP contribution in [0.5, 0.6) is 0 Å². The first-order valence-corrected chi connectivity index (χ1v) is 18.1. The molecule has 1 aliphatic carbocycles. The molecule has 5 nitrogen and oxygen atoms in total. The summed E-state index contributed by atoms with van der Waals surface area (Å²) in [5.41, 5.74) is 12.6. The second kappa shape index (κ2) is 11.1. The van der Waals surface area contributed by atoms with E-state index in [2.05, 4.69) is 181 Å². The molecule has 7 aromatic carbocycles. The zero-order chi connectivity index (χ0) is 35.3. The summed E-state index contributed by atoms with van der Waals surface area (Å²) < 4.78 is 4.42. The van der Waals surface area contributed by atoms with Crippen LogP contribution in [0.15, 0.2) is 164 Å². The molecule has 5 heteroatoms. The average Bonchev–Trinajstić information content (AvgIpc) is 3.81. The molecule has 0 fully saturated rings. The molecule has 1 aliphatic rings. The van der Waals surface area contributed by atoms with Crippen molar-refractivity contribution in [3.8, 4) is 45.5 Å². The lowest BCUT2D eigenvalue weighted by molar-refractivity contribution is 0.661. The van der Waals surface area contributed by atoms with Crippen molar-refractivity contribution in [2.75, 3.05) is 0 Å². The van der Waals surface area contributed by atoms with Gasteiger partial charge in [0.2, 0.25) is 11.9 Å². The normalized spacial score (nSPS) is 13.2. The first kappa shape index (κ1) is 29.8. The minimum Gasteiger partial charge on any atom is -0.278 e. The summed E-state index contributed by atoms with van der Waals surface area (Å²) in [4.78, 5) is 15.9. The lowest BCUT2D eigenvalue weighted by Crippen LogP contribution is -2.14. The molecular weight excluding hydrogens is 647 g/mol. The topological polar surface area (TPSA) is 48.5 Å². The van der Waals surface area contributed by atoms with Gasteiger partial charge in [-0.25, -0.2) is 0 Å². The smallest absolute Gasteiger partial charge is 0.240 e. The van der Waals surface area contributed by atoms with Crippen LogP contribution in [0.25, 0.3) is 89.2 Å². The molecule has 0 atom stereocenters. The van der Waals surface area contributed by atoms with Gasteiger partial charge in [0.25, 0.3) is 0 Å². The molecule has 3 heterocycles. The Morgan fingerprint density at radius 3 is 1.58 bits per heavy atom. The van der Waals surface area contributed by atoms with E-state index in [0.717, 1.165) is 44.0 Å². The maximum absolute atomic E-state index is 5.38. The fourth-order valence-electron chi connectivity index (χ4n) is 8.73. The standard InChI is InChI=1S/C48H33N5/c1-48(2)37-20-10-6-18-35(37)43-38(48)28-29-42-44(43)36-19-9-13-23-41(36)53(42)47-50-45(32-26-24-31(25-27-32)30-14-4-3-5-15-30)49-46(51-47)52-39-21-11-7-16-33(39)34-17-8-12-22-40(34)52/h3-29H,1-2H3. The second-order valence-corrected chi connectivity index (χ2v) is 14.5. The quantitative estimate of drug-likeness (QED) is 0.186. The molecule has 250 valence electrons. The highest BCUT2D eigenvalue weighted by molar-refractivity contribution is 6.17. The van der Waals surface area contributed by atoms with E-state index in [0.29, 0.717) is 17.7 Å². The third kappa shape index (κ3) is 4.28. The average molecular weight is 680 g/mol. The number of hydrogen-bond acceptors (Lipinski definition) is 3. The van der Waals surface area contributed by atoms with E-state index in [1.807, 2.05) is 6.07 Å². The van der Waals surface area contributed by atoms with Crippen molar-refractivity contribution in [2.24, 2.45) is 0 Å². The van der Waals surface area contributed by atoms with Crippen LogP contribution in [-0.2, 0) is 5.41 Å². The Morgan fingerprint density at radius 2 is 0.906 bits per heavy atom. The van der Waals surface area contributed by atoms with Crippen LogP contribution in [0.3, 0.4) is 0 Å². The van der Waals surface area contributed by atoms with E-state index in [1.165, 1.54) is 38.6 Å². The summed E-state index contributed by atoms with van der Waals surface area (Å²) in [5.74, 6) is 1.77. The summed E-state index contributed by atoms with van der Waals surface area (Å²) in [7, 11) is 0. The molecule has 0 radical (unpaired) electrons. The van der Waals surface area contributed by atoms with Crippen molar-refractivity contribution < 1.29 is 0 Å². The third-order valence-electron chi connectivity index (χ3n) is 11.2. The van der Waals surface area contributed by atoms with Gasteiger partial charge in [0.15, 0.2) is 5.82 Å². The Hall–Kier alpha value is -6.85. The van der Waals surface area contributed by atoms with Gasteiger partial charge < -0.3 is 0 Å². The van der Waals surface area contributed by atoms with Crippen LogP contribution in [-0.4, -0.2) is 24.1 Å². The predicted molar refractivity (Wildman–Crippen MR) is 217 cm³/mol. The Balaban J connectivity index is 1.22. The predicted octanol–water partition coefficient (Wildman–Crippen LogP) is 11.7. The van der Waals surface area contributed by atoms with Gasteiger partial charge in [0.1, 0.15) is 0 Å². The van der Waals surface area contributed by atoms with Crippen LogP contribution in [0.4, 0.5) is 0 Å². The van der Waals surface area contributed by atoms with E-state index >= 15 is 0 Å². The van der Waals surface area contributed by atoms with Crippen LogP contribution < -0.4 is 0 Å². The number of benzene rings is 7. The fourth-order valence-corrected chi connectivity index (χ4v) is 8.73. The molecule has 53 heavy (non-hydrogen) atoms. The number of fused-ring (bicyclic) bond motifs is 10. The molecule has 0 saturated carbocycles. The summed E-state index contributed by atoms with van der Waals surface area (Å²) in [6.45, 7) is 4.67. The highest BCUT2D eigenvalue weighted by atomic mass is 15.3. The molecule has 0 bridgehead atoms. The van der Waals surface area contributed by atoms with E-state index in [1.54, 1.807) is 0 Å². The van der Waals surface area contributed by atoms with Gasteiger partial charge in [-0.15, -0.1) is 0 Å².